The zero-order valence-corrected chi connectivity index (χ0v) is 16.0. The van der Waals surface area contributed by atoms with Crippen LogP contribution in [-0.4, -0.2) is 17.7 Å². The van der Waals surface area contributed by atoms with Crippen molar-refractivity contribution >= 4 is 11.9 Å². The normalized spacial score (nSPS) is 16.3. The van der Waals surface area contributed by atoms with E-state index in [9.17, 15) is 9.59 Å². The molecule has 28 heavy (non-hydrogen) atoms. The van der Waals surface area contributed by atoms with Crippen molar-refractivity contribution in [3.63, 3.8) is 0 Å². The summed E-state index contributed by atoms with van der Waals surface area (Å²) in [4.78, 5) is 25.5. The van der Waals surface area contributed by atoms with Crippen molar-refractivity contribution in [1.29, 1.82) is 0 Å². The molecule has 0 heterocycles. The van der Waals surface area contributed by atoms with E-state index in [-0.39, 0.29) is 6.61 Å². The van der Waals surface area contributed by atoms with Gasteiger partial charge >= 0.3 is 11.9 Å². The second kappa shape index (κ2) is 9.51. The zero-order valence-electron chi connectivity index (χ0n) is 16.0. The van der Waals surface area contributed by atoms with Gasteiger partial charge in [0.1, 0.15) is 6.61 Å². The average molecular weight is 381 g/mol. The number of benzene rings is 2. The van der Waals surface area contributed by atoms with E-state index < -0.39 is 23.6 Å². The Hall–Kier alpha value is -2.66. The summed E-state index contributed by atoms with van der Waals surface area (Å²) in [6.45, 7) is 0.128. The summed E-state index contributed by atoms with van der Waals surface area (Å²) < 4.78 is 11.0. The molecule has 0 aliphatic heterocycles. The molecule has 1 saturated carbocycles. The molecule has 0 aromatic heterocycles. The van der Waals surface area contributed by atoms with E-state index in [1.165, 1.54) is 0 Å². The third-order valence-electron chi connectivity index (χ3n) is 5.11. The summed E-state index contributed by atoms with van der Waals surface area (Å²) in [6.07, 6.45) is 4.02. The third kappa shape index (κ3) is 5.67. The first-order chi connectivity index (χ1) is 13.6. The molecular formula is C23H27NO4. The van der Waals surface area contributed by atoms with Crippen molar-refractivity contribution in [2.45, 2.75) is 50.9 Å². The number of rotatable bonds is 8. The quantitative estimate of drug-likeness (QED) is 0.428. The van der Waals surface area contributed by atoms with Gasteiger partial charge in [0.15, 0.2) is 11.6 Å². The highest BCUT2D eigenvalue weighted by Crippen LogP contribution is 2.30. The van der Waals surface area contributed by atoms with Gasteiger partial charge in [-0.15, -0.1) is 0 Å². The lowest BCUT2D eigenvalue weighted by Crippen LogP contribution is -2.44. The lowest BCUT2D eigenvalue weighted by atomic mass is 9.99. The van der Waals surface area contributed by atoms with Crippen LogP contribution in [-0.2, 0) is 32.1 Å². The van der Waals surface area contributed by atoms with E-state index in [2.05, 4.69) is 0 Å². The second-order valence-corrected chi connectivity index (χ2v) is 7.36. The van der Waals surface area contributed by atoms with Gasteiger partial charge in [-0.1, -0.05) is 60.7 Å². The number of nitrogens with two attached hydrogens (primary N) is 1. The molecule has 2 aromatic rings. The highest BCUT2D eigenvalue weighted by Gasteiger charge is 2.38. The van der Waals surface area contributed by atoms with Crippen molar-refractivity contribution in [3.8, 4) is 0 Å². The Morgan fingerprint density at radius 3 is 2.07 bits per heavy atom. The lowest BCUT2D eigenvalue weighted by molar-refractivity contribution is -0.172. The largest absolute Gasteiger partial charge is 0.460 e. The monoisotopic (exact) mass is 381 g/mol. The van der Waals surface area contributed by atoms with Crippen molar-refractivity contribution in [2.24, 2.45) is 11.7 Å². The minimum atomic E-state index is -0.982. The molecule has 0 amide bonds. The fourth-order valence-corrected chi connectivity index (χ4v) is 3.46. The highest BCUT2D eigenvalue weighted by atomic mass is 16.6. The Morgan fingerprint density at radius 1 is 0.893 bits per heavy atom. The zero-order chi connectivity index (χ0) is 19.8. The Balaban J connectivity index is 1.65. The molecule has 1 atom stereocenters. The Labute approximate surface area is 165 Å². The smallest absolute Gasteiger partial charge is 0.322 e. The van der Waals surface area contributed by atoms with Crippen LogP contribution in [0.3, 0.4) is 0 Å². The maximum Gasteiger partial charge on any atom is 0.322 e. The molecule has 3 rings (SSSR count). The SMILES string of the molecule is NC1(OC(=O)[C@@H](CCc2ccccc2)C(=O)OCc2ccccc2)CCCC1. The molecule has 0 radical (unpaired) electrons. The topological polar surface area (TPSA) is 78.6 Å². The predicted molar refractivity (Wildman–Crippen MR) is 106 cm³/mol. The van der Waals surface area contributed by atoms with Crippen LogP contribution >= 0.6 is 0 Å². The van der Waals surface area contributed by atoms with Crippen molar-refractivity contribution < 1.29 is 19.1 Å². The van der Waals surface area contributed by atoms with Crippen LogP contribution < -0.4 is 5.73 Å². The number of aryl methyl sites for hydroxylation is 1. The summed E-state index contributed by atoms with van der Waals surface area (Å²) in [5.41, 5.74) is 7.15. The van der Waals surface area contributed by atoms with Gasteiger partial charge in [0.05, 0.1) is 0 Å². The fourth-order valence-electron chi connectivity index (χ4n) is 3.46. The first kappa shape index (κ1) is 20.1. The minimum Gasteiger partial charge on any atom is -0.460 e. The highest BCUT2D eigenvalue weighted by molar-refractivity contribution is 5.95. The van der Waals surface area contributed by atoms with Gasteiger partial charge in [0, 0.05) is 12.8 Å². The average Bonchev–Trinajstić information content (AvgIpc) is 3.14. The van der Waals surface area contributed by atoms with Crippen LogP contribution in [0.1, 0.15) is 43.2 Å². The maximum absolute atomic E-state index is 12.8. The molecule has 148 valence electrons. The molecule has 0 saturated heterocycles. The number of esters is 2. The molecule has 5 heteroatoms. The molecule has 0 unspecified atom stereocenters. The van der Waals surface area contributed by atoms with Crippen LogP contribution in [0.4, 0.5) is 0 Å². The Morgan fingerprint density at radius 2 is 1.46 bits per heavy atom. The number of carbonyl (C=O) groups excluding carboxylic acids is 2. The number of hydrogen-bond acceptors (Lipinski definition) is 5. The van der Waals surface area contributed by atoms with Crippen LogP contribution in [0, 0.1) is 5.92 Å². The van der Waals surface area contributed by atoms with Gasteiger partial charge in [0.25, 0.3) is 0 Å². The summed E-state index contributed by atoms with van der Waals surface area (Å²) in [5.74, 6) is -2.13. The number of carbonyl (C=O) groups is 2. The van der Waals surface area contributed by atoms with E-state index in [1.54, 1.807) is 0 Å². The van der Waals surface area contributed by atoms with E-state index in [1.807, 2.05) is 60.7 Å². The van der Waals surface area contributed by atoms with E-state index in [0.717, 1.165) is 24.0 Å². The molecule has 1 aliphatic carbocycles. The molecule has 0 spiro atoms. The number of ether oxygens (including phenoxy) is 2. The van der Waals surface area contributed by atoms with Crippen LogP contribution in [0.5, 0.6) is 0 Å². The molecular weight excluding hydrogens is 354 g/mol. The van der Waals surface area contributed by atoms with Crippen LogP contribution in [0.2, 0.25) is 0 Å². The van der Waals surface area contributed by atoms with Crippen molar-refractivity contribution in [1.82, 2.24) is 0 Å². The van der Waals surface area contributed by atoms with Crippen LogP contribution in [0.15, 0.2) is 60.7 Å². The Kier molecular flexibility index (Phi) is 6.82. The third-order valence-corrected chi connectivity index (χ3v) is 5.11. The summed E-state index contributed by atoms with van der Waals surface area (Å²) in [7, 11) is 0. The predicted octanol–water partition coefficient (Wildman–Crippen LogP) is 3.75. The van der Waals surface area contributed by atoms with Crippen LogP contribution in [0.25, 0.3) is 0 Å². The standard InChI is InChI=1S/C23H27NO4/c24-23(15-7-8-16-23)28-22(26)20(14-13-18-9-3-1-4-10-18)21(25)27-17-19-11-5-2-6-12-19/h1-6,9-12,20H,7-8,13-17,24H2/t20-/m0/s1. The molecule has 1 aliphatic rings. The van der Waals surface area contributed by atoms with Crippen molar-refractivity contribution in [2.75, 3.05) is 0 Å². The minimum absolute atomic E-state index is 0.128. The molecule has 1 fully saturated rings. The molecule has 2 aromatic carbocycles. The van der Waals surface area contributed by atoms with Gasteiger partial charge in [-0.3, -0.25) is 15.3 Å². The first-order valence-electron chi connectivity index (χ1n) is 9.82. The van der Waals surface area contributed by atoms with E-state index in [0.29, 0.717) is 25.7 Å². The maximum atomic E-state index is 12.8. The van der Waals surface area contributed by atoms with Gasteiger partial charge in [0.2, 0.25) is 0 Å². The first-order valence-corrected chi connectivity index (χ1v) is 9.82. The van der Waals surface area contributed by atoms with Gasteiger partial charge in [-0.25, -0.2) is 0 Å². The summed E-state index contributed by atoms with van der Waals surface area (Å²) in [5, 5.41) is 0. The van der Waals surface area contributed by atoms with Gasteiger partial charge < -0.3 is 9.47 Å². The Bertz CT molecular complexity index is 770. The lowest BCUT2D eigenvalue weighted by Gasteiger charge is -2.26. The molecule has 5 nitrogen and oxygen atoms in total. The molecule has 2 N–H and O–H groups in total. The molecule has 0 bridgehead atoms. The van der Waals surface area contributed by atoms with E-state index in [4.69, 9.17) is 15.2 Å². The number of hydrogen-bond donors (Lipinski definition) is 1. The van der Waals surface area contributed by atoms with Gasteiger partial charge in [-0.2, -0.15) is 0 Å². The summed E-state index contributed by atoms with van der Waals surface area (Å²) >= 11 is 0. The van der Waals surface area contributed by atoms with E-state index >= 15 is 0 Å². The second-order valence-electron chi connectivity index (χ2n) is 7.36. The van der Waals surface area contributed by atoms with Gasteiger partial charge in [-0.05, 0) is 36.8 Å². The summed E-state index contributed by atoms with van der Waals surface area (Å²) in [6, 6.07) is 19.1. The fraction of sp³-hybridized carbons (Fsp3) is 0.391. The van der Waals surface area contributed by atoms with Crippen molar-refractivity contribution in [3.05, 3.63) is 71.8 Å².